The van der Waals surface area contributed by atoms with Crippen molar-refractivity contribution in [3.8, 4) is 0 Å². The van der Waals surface area contributed by atoms with Crippen LogP contribution in [0, 0.1) is 19.8 Å². The molecule has 7 heteroatoms. The molecule has 0 spiro atoms. The summed E-state index contributed by atoms with van der Waals surface area (Å²) in [6, 6.07) is 4.76. The van der Waals surface area contributed by atoms with Crippen LogP contribution in [-0.4, -0.2) is 63.1 Å². The fourth-order valence-corrected chi connectivity index (χ4v) is 4.90. The minimum atomic E-state index is 0.0969. The summed E-state index contributed by atoms with van der Waals surface area (Å²) in [5.74, 6) is 0.286. The highest BCUT2D eigenvalue weighted by Gasteiger charge is 2.31. The van der Waals surface area contributed by atoms with E-state index in [0.717, 1.165) is 62.5 Å². The second kappa shape index (κ2) is 9.71. The molecule has 2 N–H and O–H groups in total. The van der Waals surface area contributed by atoms with Crippen LogP contribution in [-0.2, 0) is 17.9 Å². The van der Waals surface area contributed by atoms with Crippen LogP contribution in [0.3, 0.4) is 0 Å². The van der Waals surface area contributed by atoms with Crippen molar-refractivity contribution in [2.45, 2.75) is 58.7 Å². The van der Waals surface area contributed by atoms with E-state index < -0.39 is 0 Å². The number of pyridine rings is 1. The molecule has 7 nitrogen and oxygen atoms in total. The van der Waals surface area contributed by atoms with E-state index in [2.05, 4.69) is 36.4 Å². The molecule has 1 amide bonds. The first-order valence-corrected chi connectivity index (χ1v) is 11.2. The van der Waals surface area contributed by atoms with Gasteiger partial charge in [0.1, 0.15) is 0 Å². The Morgan fingerprint density at radius 3 is 2.77 bits per heavy atom. The van der Waals surface area contributed by atoms with Gasteiger partial charge in [-0.25, -0.2) is 0 Å². The number of hydrogen-bond acceptors (Lipinski definition) is 5. The SMILES string of the molecule is Cc1n[nH]c(C)c1CNC(=O)C1CCCN(C2CCN(Cc3cccnc3)CC2)C1. The lowest BCUT2D eigenvalue weighted by atomic mass is 9.93. The highest BCUT2D eigenvalue weighted by molar-refractivity contribution is 5.79. The molecule has 2 aromatic heterocycles. The van der Waals surface area contributed by atoms with E-state index in [1.807, 2.05) is 32.3 Å². The Balaban J connectivity index is 1.24. The maximum Gasteiger partial charge on any atom is 0.224 e. The summed E-state index contributed by atoms with van der Waals surface area (Å²) < 4.78 is 0. The van der Waals surface area contributed by atoms with Crippen LogP contribution in [0.25, 0.3) is 0 Å². The smallest absolute Gasteiger partial charge is 0.224 e. The molecule has 2 aromatic rings. The molecule has 162 valence electrons. The maximum atomic E-state index is 12.8. The number of aromatic nitrogens is 3. The van der Waals surface area contributed by atoms with Gasteiger partial charge < -0.3 is 5.32 Å². The molecule has 0 aliphatic carbocycles. The second-order valence-corrected chi connectivity index (χ2v) is 8.83. The monoisotopic (exact) mass is 410 g/mol. The van der Waals surface area contributed by atoms with E-state index in [1.54, 1.807) is 0 Å². The number of nitrogens with zero attached hydrogens (tertiary/aromatic N) is 4. The molecule has 2 aliphatic heterocycles. The molecule has 30 heavy (non-hydrogen) atoms. The third-order valence-electron chi connectivity index (χ3n) is 6.75. The van der Waals surface area contributed by atoms with Gasteiger partial charge in [0, 0.05) is 49.3 Å². The fraction of sp³-hybridized carbons (Fsp3) is 0.609. The highest BCUT2D eigenvalue weighted by atomic mass is 16.1. The zero-order valence-corrected chi connectivity index (χ0v) is 18.2. The standard InChI is InChI=1S/C23H34N6O/c1-17-22(18(2)27-26-17)14-25-23(30)20-6-4-10-29(16-20)21-7-11-28(12-8-21)15-19-5-3-9-24-13-19/h3,5,9,13,20-21H,4,6-8,10-12,14-16H2,1-2H3,(H,25,30)(H,26,27). The number of carbonyl (C=O) groups excluding carboxylic acids is 1. The Labute approximate surface area is 179 Å². The van der Waals surface area contributed by atoms with E-state index in [9.17, 15) is 4.79 Å². The molecule has 2 saturated heterocycles. The third-order valence-corrected chi connectivity index (χ3v) is 6.75. The lowest BCUT2D eigenvalue weighted by molar-refractivity contribution is -0.127. The number of piperidine rings is 2. The van der Waals surface area contributed by atoms with Gasteiger partial charge in [0.05, 0.1) is 11.6 Å². The van der Waals surface area contributed by atoms with Crippen LogP contribution >= 0.6 is 0 Å². The fourth-order valence-electron chi connectivity index (χ4n) is 4.90. The number of hydrogen-bond donors (Lipinski definition) is 2. The quantitative estimate of drug-likeness (QED) is 0.765. The lowest BCUT2D eigenvalue weighted by Crippen LogP contribution is -2.50. The first kappa shape index (κ1) is 21.0. The Morgan fingerprint density at radius 1 is 1.23 bits per heavy atom. The number of carbonyl (C=O) groups is 1. The summed E-state index contributed by atoms with van der Waals surface area (Å²) in [6.07, 6.45) is 8.26. The molecule has 1 atom stereocenters. The number of amides is 1. The van der Waals surface area contributed by atoms with E-state index in [-0.39, 0.29) is 11.8 Å². The minimum Gasteiger partial charge on any atom is -0.352 e. The minimum absolute atomic E-state index is 0.0969. The van der Waals surface area contributed by atoms with Gasteiger partial charge in [-0.1, -0.05) is 6.07 Å². The van der Waals surface area contributed by atoms with Gasteiger partial charge in [-0.15, -0.1) is 0 Å². The zero-order valence-electron chi connectivity index (χ0n) is 18.2. The Hall–Kier alpha value is -2.25. The molecule has 4 heterocycles. The third kappa shape index (κ3) is 5.08. The van der Waals surface area contributed by atoms with Crippen molar-refractivity contribution in [2.24, 2.45) is 5.92 Å². The lowest BCUT2D eigenvalue weighted by Gasteiger charge is -2.42. The first-order valence-electron chi connectivity index (χ1n) is 11.2. The van der Waals surface area contributed by atoms with Crippen molar-refractivity contribution in [3.63, 3.8) is 0 Å². The van der Waals surface area contributed by atoms with Crippen molar-refractivity contribution in [1.29, 1.82) is 0 Å². The number of nitrogens with one attached hydrogen (secondary N) is 2. The number of H-pyrrole nitrogens is 1. The van der Waals surface area contributed by atoms with Crippen molar-refractivity contribution < 1.29 is 4.79 Å². The first-order chi connectivity index (χ1) is 14.6. The molecule has 0 radical (unpaired) electrons. The predicted molar refractivity (Wildman–Crippen MR) is 117 cm³/mol. The number of aromatic amines is 1. The number of aryl methyl sites for hydroxylation is 2. The van der Waals surface area contributed by atoms with Gasteiger partial charge in [-0.05, 0) is 70.8 Å². The van der Waals surface area contributed by atoms with Crippen LogP contribution in [0.15, 0.2) is 24.5 Å². The number of rotatable bonds is 6. The van der Waals surface area contributed by atoms with Crippen molar-refractivity contribution in [2.75, 3.05) is 26.2 Å². The van der Waals surface area contributed by atoms with E-state index >= 15 is 0 Å². The maximum absolute atomic E-state index is 12.8. The average molecular weight is 411 g/mol. The molecule has 4 rings (SSSR count). The van der Waals surface area contributed by atoms with E-state index in [1.165, 1.54) is 18.4 Å². The summed E-state index contributed by atoms with van der Waals surface area (Å²) in [5, 5.41) is 10.4. The summed E-state index contributed by atoms with van der Waals surface area (Å²) in [6.45, 7) is 9.78. The van der Waals surface area contributed by atoms with Crippen LogP contribution in [0.5, 0.6) is 0 Å². The van der Waals surface area contributed by atoms with E-state index in [4.69, 9.17) is 0 Å². The van der Waals surface area contributed by atoms with Crippen molar-refractivity contribution in [3.05, 3.63) is 47.0 Å². The summed E-state index contributed by atoms with van der Waals surface area (Å²) >= 11 is 0. The van der Waals surface area contributed by atoms with Gasteiger partial charge in [0.15, 0.2) is 0 Å². The molecular formula is C23H34N6O. The topological polar surface area (TPSA) is 77.2 Å². The molecule has 0 bridgehead atoms. The summed E-state index contributed by atoms with van der Waals surface area (Å²) in [7, 11) is 0. The highest BCUT2D eigenvalue weighted by Crippen LogP contribution is 2.25. The summed E-state index contributed by atoms with van der Waals surface area (Å²) in [4.78, 5) is 22.1. The second-order valence-electron chi connectivity index (χ2n) is 8.83. The van der Waals surface area contributed by atoms with Gasteiger partial charge in [-0.3, -0.25) is 24.7 Å². The van der Waals surface area contributed by atoms with Crippen molar-refractivity contribution in [1.82, 2.24) is 30.3 Å². The molecule has 0 aromatic carbocycles. The predicted octanol–water partition coefficient (Wildman–Crippen LogP) is 2.41. The summed E-state index contributed by atoms with van der Waals surface area (Å²) in [5.41, 5.74) is 4.40. The Bertz CT molecular complexity index is 808. The molecule has 0 saturated carbocycles. The Kier molecular flexibility index (Phi) is 6.79. The van der Waals surface area contributed by atoms with Crippen molar-refractivity contribution >= 4 is 5.91 Å². The largest absolute Gasteiger partial charge is 0.352 e. The zero-order chi connectivity index (χ0) is 20.9. The van der Waals surface area contributed by atoms with Gasteiger partial charge in [0.2, 0.25) is 5.91 Å². The molecule has 2 fully saturated rings. The van der Waals surface area contributed by atoms with Gasteiger partial charge >= 0.3 is 0 Å². The van der Waals surface area contributed by atoms with E-state index in [0.29, 0.717) is 12.6 Å². The molecule has 1 unspecified atom stereocenters. The Morgan fingerprint density at radius 2 is 2.07 bits per heavy atom. The van der Waals surface area contributed by atoms with Gasteiger partial charge in [0.25, 0.3) is 0 Å². The van der Waals surface area contributed by atoms with Crippen LogP contribution in [0.2, 0.25) is 0 Å². The molecular weight excluding hydrogens is 376 g/mol. The normalized spacial score (nSPS) is 21.6. The number of likely N-dealkylation sites (tertiary alicyclic amines) is 2. The van der Waals surface area contributed by atoms with Gasteiger partial charge in [-0.2, -0.15) is 5.10 Å². The van der Waals surface area contributed by atoms with Crippen LogP contribution < -0.4 is 5.32 Å². The van der Waals surface area contributed by atoms with Crippen LogP contribution in [0.1, 0.15) is 48.2 Å². The van der Waals surface area contributed by atoms with Crippen LogP contribution in [0.4, 0.5) is 0 Å². The molecule has 2 aliphatic rings. The average Bonchev–Trinajstić information content (AvgIpc) is 3.10.